The van der Waals surface area contributed by atoms with E-state index in [2.05, 4.69) is 4.74 Å². The van der Waals surface area contributed by atoms with Gasteiger partial charge in [0.05, 0.1) is 12.4 Å². The summed E-state index contributed by atoms with van der Waals surface area (Å²) in [6, 6.07) is 9.49. The molecule has 0 saturated heterocycles. The molecule has 0 N–H and O–H groups in total. The summed E-state index contributed by atoms with van der Waals surface area (Å²) in [6.07, 6.45) is 1.79. The molecule has 4 nitrogen and oxygen atoms in total. The van der Waals surface area contributed by atoms with E-state index in [1.54, 1.807) is 0 Å². The highest BCUT2D eigenvalue weighted by molar-refractivity contribution is 7.73. The number of esters is 1. The molecule has 0 aliphatic rings. The van der Waals surface area contributed by atoms with E-state index in [9.17, 15) is 13.2 Å². The molecule has 0 heterocycles. The van der Waals surface area contributed by atoms with Crippen LogP contribution in [0.5, 0.6) is 0 Å². The summed E-state index contributed by atoms with van der Waals surface area (Å²) in [5.74, 6) is -0.297. The Balaban J connectivity index is 2.48. The third kappa shape index (κ3) is 5.31. The maximum atomic E-state index is 11.2. The Hall–Kier alpha value is -1.36. The van der Waals surface area contributed by atoms with Gasteiger partial charge < -0.3 is 4.74 Å². The zero-order valence-electron chi connectivity index (χ0n) is 10.4. The van der Waals surface area contributed by atoms with E-state index in [1.807, 2.05) is 30.3 Å². The largest absolute Gasteiger partial charge is 0.469 e. The van der Waals surface area contributed by atoms with Crippen LogP contribution in [0.4, 0.5) is 0 Å². The van der Waals surface area contributed by atoms with Crippen LogP contribution in [0.3, 0.4) is 0 Å². The molecule has 0 fully saturated rings. The first-order valence-electron chi connectivity index (χ1n) is 5.87. The third-order valence-corrected chi connectivity index (χ3v) is 3.80. The molecule has 0 aliphatic carbocycles. The van der Waals surface area contributed by atoms with Crippen LogP contribution < -0.4 is 0 Å². The molecule has 1 atom stereocenters. The number of carbonyl (C=O) groups excluding carboxylic acids is 1. The SMILES string of the molecule is COC(=O)CCCC(Cc1ccccc1)[SH](=O)=O. The van der Waals surface area contributed by atoms with Crippen molar-refractivity contribution in [2.75, 3.05) is 7.11 Å². The number of carbonyl (C=O) groups is 1. The van der Waals surface area contributed by atoms with Crippen molar-refractivity contribution < 1.29 is 17.9 Å². The number of hydrogen-bond acceptors (Lipinski definition) is 4. The van der Waals surface area contributed by atoms with E-state index >= 15 is 0 Å². The molecule has 0 aromatic heterocycles. The average molecular weight is 270 g/mol. The number of benzene rings is 1. The Morgan fingerprint density at radius 2 is 1.94 bits per heavy atom. The van der Waals surface area contributed by atoms with Crippen molar-refractivity contribution in [3.8, 4) is 0 Å². The fourth-order valence-electron chi connectivity index (χ4n) is 1.75. The van der Waals surface area contributed by atoms with Crippen LogP contribution in [0.15, 0.2) is 30.3 Å². The number of thiol groups is 1. The second-order valence-electron chi connectivity index (χ2n) is 4.10. The van der Waals surface area contributed by atoms with Crippen LogP contribution >= 0.6 is 0 Å². The minimum Gasteiger partial charge on any atom is -0.469 e. The van der Waals surface area contributed by atoms with Crippen molar-refractivity contribution in [3.63, 3.8) is 0 Å². The Bertz CT molecular complexity index is 432. The number of ether oxygens (including phenoxy) is 1. The van der Waals surface area contributed by atoms with Gasteiger partial charge in [-0.15, -0.1) is 0 Å². The molecule has 100 valence electrons. The van der Waals surface area contributed by atoms with Crippen molar-refractivity contribution in [1.82, 2.24) is 0 Å². The Labute approximate surface area is 109 Å². The molecule has 1 aromatic carbocycles. The maximum Gasteiger partial charge on any atom is 0.305 e. The molecular formula is C13H18O4S. The summed E-state index contributed by atoms with van der Waals surface area (Å²) in [5, 5.41) is -0.410. The second kappa shape index (κ2) is 7.87. The predicted molar refractivity (Wildman–Crippen MR) is 70.1 cm³/mol. The quantitative estimate of drug-likeness (QED) is 0.603. The van der Waals surface area contributed by atoms with Crippen LogP contribution in [0.2, 0.25) is 0 Å². The molecule has 0 amide bonds. The van der Waals surface area contributed by atoms with Crippen LogP contribution in [0, 0.1) is 0 Å². The molecule has 0 saturated carbocycles. The van der Waals surface area contributed by atoms with Crippen LogP contribution in [0.1, 0.15) is 24.8 Å². The topological polar surface area (TPSA) is 60.4 Å². The number of methoxy groups -OCH3 is 1. The van der Waals surface area contributed by atoms with Gasteiger partial charge in [-0.25, -0.2) is 8.42 Å². The molecule has 5 heteroatoms. The van der Waals surface area contributed by atoms with Crippen LogP contribution in [0.25, 0.3) is 0 Å². The normalized spacial score (nSPS) is 12.3. The van der Waals surface area contributed by atoms with E-state index in [0.717, 1.165) is 5.56 Å². The zero-order valence-corrected chi connectivity index (χ0v) is 11.3. The monoisotopic (exact) mass is 270 g/mol. The predicted octanol–water partition coefficient (Wildman–Crippen LogP) is 1.55. The van der Waals surface area contributed by atoms with Gasteiger partial charge in [-0.1, -0.05) is 30.3 Å². The molecule has 1 unspecified atom stereocenters. The minimum atomic E-state index is -2.47. The fourth-order valence-corrected chi connectivity index (χ4v) is 2.51. The van der Waals surface area contributed by atoms with Crippen LogP contribution in [-0.4, -0.2) is 26.7 Å². The van der Waals surface area contributed by atoms with Gasteiger partial charge in [0, 0.05) is 6.42 Å². The molecule has 0 bridgehead atoms. The lowest BCUT2D eigenvalue weighted by molar-refractivity contribution is -0.140. The van der Waals surface area contributed by atoms with Gasteiger partial charge in [-0.2, -0.15) is 0 Å². The van der Waals surface area contributed by atoms with E-state index in [0.29, 0.717) is 19.3 Å². The average Bonchev–Trinajstić information content (AvgIpc) is 2.38. The van der Waals surface area contributed by atoms with Gasteiger partial charge in [0.25, 0.3) is 0 Å². The molecule has 0 aliphatic heterocycles. The van der Waals surface area contributed by atoms with Crippen LogP contribution in [-0.2, 0) is 26.7 Å². The van der Waals surface area contributed by atoms with E-state index in [1.165, 1.54) is 7.11 Å². The first-order valence-corrected chi connectivity index (χ1v) is 7.12. The lowest BCUT2D eigenvalue weighted by Gasteiger charge is -2.09. The first-order chi connectivity index (χ1) is 8.63. The van der Waals surface area contributed by atoms with Gasteiger partial charge in [0.1, 0.15) is 10.7 Å². The maximum absolute atomic E-state index is 11.2. The minimum absolute atomic E-state index is 0.269. The summed E-state index contributed by atoms with van der Waals surface area (Å²) in [6.45, 7) is 0. The third-order valence-electron chi connectivity index (χ3n) is 2.76. The smallest absolute Gasteiger partial charge is 0.305 e. The number of rotatable bonds is 7. The summed E-state index contributed by atoms with van der Waals surface area (Å²) < 4.78 is 26.9. The Kier molecular flexibility index (Phi) is 6.43. The lowest BCUT2D eigenvalue weighted by atomic mass is 10.1. The first kappa shape index (κ1) is 14.7. The summed E-state index contributed by atoms with van der Waals surface area (Å²) in [5.41, 5.74) is 1.000. The van der Waals surface area contributed by atoms with E-state index < -0.39 is 16.0 Å². The molecule has 0 radical (unpaired) electrons. The van der Waals surface area contributed by atoms with Gasteiger partial charge in [-0.05, 0) is 24.8 Å². The molecule has 1 rings (SSSR count). The summed E-state index contributed by atoms with van der Waals surface area (Å²) in [7, 11) is -1.14. The van der Waals surface area contributed by atoms with E-state index in [-0.39, 0.29) is 12.4 Å². The summed E-state index contributed by atoms with van der Waals surface area (Å²) in [4.78, 5) is 10.9. The van der Waals surface area contributed by atoms with Gasteiger partial charge >= 0.3 is 5.97 Å². The molecule has 0 spiro atoms. The van der Waals surface area contributed by atoms with Crippen molar-refractivity contribution in [2.45, 2.75) is 30.9 Å². The van der Waals surface area contributed by atoms with Crippen molar-refractivity contribution >= 4 is 16.7 Å². The highest BCUT2D eigenvalue weighted by atomic mass is 32.2. The zero-order chi connectivity index (χ0) is 13.4. The van der Waals surface area contributed by atoms with Crippen molar-refractivity contribution in [2.24, 2.45) is 0 Å². The Morgan fingerprint density at radius 3 is 2.50 bits per heavy atom. The van der Waals surface area contributed by atoms with Gasteiger partial charge in [-0.3, -0.25) is 4.79 Å². The molecular weight excluding hydrogens is 252 g/mol. The molecule has 1 aromatic rings. The molecule has 18 heavy (non-hydrogen) atoms. The van der Waals surface area contributed by atoms with Crippen molar-refractivity contribution in [1.29, 1.82) is 0 Å². The second-order valence-corrected chi connectivity index (χ2v) is 5.40. The fraction of sp³-hybridized carbons (Fsp3) is 0.462. The Morgan fingerprint density at radius 1 is 1.28 bits per heavy atom. The highest BCUT2D eigenvalue weighted by Crippen LogP contribution is 2.12. The lowest BCUT2D eigenvalue weighted by Crippen LogP contribution is -2.14. The highest BCUT2D eigenvalue weighted by Gasteiger charge is 2.13. The van der Waals surface area contributed by atoms with Gasteiger partial charge in [0.15, 0.2) is 0 Å². The number of hydrogen-bond donors (Lipinski definition) is 1. The van der Waals surface area contributed by atoms with Crippen molar-refractivity contribution in [3.05, 3.63) is 35.9 Å². The van der Waals surface area contributed by atoms with Gasteiger partial charge in [0.2, 0.25) is 0 Å². The van der Waals surface area contributed by atoms with E-state index in [4.69, 9.17) is 0 Å². The summed E-state index contributed by atoms with van der Waals surface area (Å²) >= 11 is 0. The standard InChI is InChI=1S/C13H18O4S/c1-17-13(14)9-5-8-12(18(15)16)10-11-6-3-2-4-7-11/h2-4,6-7,12,18H,5,8-10H2,1H3.